The normalized spacial score (nSPS) is 21.7. The van der Waals surface area contributed by atoms with E-state index in [9.17, 15) is 15.0 Å². The minimum absolute atomic E-state index is 0.538. The lowest BCUT2D eigenvalue weighted by Crippen LogP contribution is -2.48. The zero-order valence-corrected chi connectivity index (χ0v) is 12.9. The van der Waals surface area contributed by atoms with E-state index < -0.39 is 17.0 Å². The molecule has 2 N–H and O–H groups in total. The molecule has 0 spiro atoms. The maximum Gasteiger partial charge on any atom is 0.309 e. The smallest absolute Gasteiger partial charge is 0.309 e. The van der Waals surface area contributed by atoms with Crippen molar-refractivity contribution >= 4 is 5.97 Å². The molecule has 1 atom stereocenters. The average Bonchev–Trinajstić information content (AvgIpc) is 2.48. The second-order valence-corrected chi connectivity index (χ2v) is 6.36. The molecule has 2 rings (SSSR count). The summed E-state index contributed by atoms with van der Waals surface area (Å²) in [5.41, 5.74) is -0.582. The Bertz CT molecular complexity index is 476. The summed E-state index contributed by atoms with van der Waals surface area (Å²) in [6.07, 6.45) is 1.98. The van der Waals surface area contributed by atoms with Crippen LogP contribution in [-0.2, 0) is 10.4 Å². The minimum Gasteiger partial charge on any atom is -0.481 e. The Morgan fingerprint density at radius 2 is 1.86 bits per heavy atom. The van der Waals surface area contributed by atoms with Gasteiger partial charge in [-0.25, -0.2) is 0 Å². The fraction of sp³-hybridized carbons (Fsp3) is 0.588. The first-order chi connectivity index (χ1) is 9.89. The number of β-amino-alcohol motifs (C(OH)–C–C–N with tert-alkyl or cyclic N) is 1. The molecule has 116 valence electrons. The topological polar surface area (TPSA) is 60.8 Å². The molecule has 0 amide bonds. The fourth-order valence-corrected chi connectivity index (χ4v) is 3.18. The van der Waals surface area contributed by atoms with Crippen molar-refractivity contribution < 1.29 is 15.0 Å². The van der Waals surface area contributed by atoms with E-state index in [1.807, 2.05) is 44.2 Å². The van der Waals surface area contributed by atoms with Crippen molar-refractivity contribution in [1.29, 1.82) is 0 Å². The van der Waals surface area contributed by atoms with Crippen molar-refractivity contribution in [3.05, 3.63) is 35.9 Å². The van der Waals surface area contributed by atoms with Gasteiger partial charge in [0.05, 0.1) is 11.0 Å². The first-order valence-corrected chi connectivity index (χ1v) is 7.63. The molecule has 0 radical (unpaired) electrons. The highest BCUT2D eigenvalue weighted by molar-refractivity contribution is 5.74. The Morgan fingerprint density at radius 1 is 1.29 bits per heavy atom. The summed E-state index contributed by atoms with van der Waals surface area (Å²) in [6.45, 7) is 5.76. The second-order valence-electron chi connectivity index (χ2n) is 6.36. The third kappa shape index (κ3) is 3.44. The van der Waals surface area contributed by atoms with Crippen LogP contribution in [0, 0.1) is 5.41 Å². The third-order valence-corrected chi connectivity index (χ3v) is 4.87. The van der Waals surface area contributed by atoms with Gasteiger partial charge in [0.2, 0.25) is 0 Å². The van der Waals surface area contributed by atoms with E-state index in [0.29, 0.717) is 25.8 Å². The van der Waals surface area contributed by atoms with Crippen LogP contribution in [0.2, 0.25) is 0 Å². The molecule has 4 nitrogen and oxygen atoms in total. The number of carboxylic acids is 1. The summed E-state index contributed by atoms with van der Waals surface area (Å²) in [4.78, 5) is 13.6. The van der Waals surface area contributed by atoms with Crippen molar-refractivity contribution in [2.45, 2.75) is 38.7 Å². The number of carbonyl (C=O) groups is 1. The Hall–Kier alpha value is -1.39. The molecule has 0 aromatic heterocycles. The molecule has 1 fully saturated rings. The summed E-state index contributed by atoms with van der Waals surface area (Å²) in [7, 11) is 0. The van der Waals surface area contributed by atoms with Gasteiger partial charge in [-0.15, -0.1) is 0 Å². The van der Waals surface area contributed by atoms with Crippen LogP contribution in [-0.4, -0.2) is 40.7 Å². The average molecular weight is 291 g/mol. The number of piperidine rings is 1. The lowest BCUT2D eigenvalue weighted by molar-refractivity contribution is -0.152. The zero-order chi connectivity index (χ0) is 15.5. The molecule has 1 aromatic rings. The van der Waals surface area contributed by atoms with Gasteiger partial charge in [0, 0.05) is 6.54 Å². The quantitative estimate of drug-likeness (QED) is 0.875. The van der Waals surface area contributed by atoms with Gasteiger partial charge in [-0.05, 0) is 44.8 Å². The lowest BCUT2D eigenvalue weighted by atomic mass is 9.76. The highest BCUT2D eigenvalue weighted by atomic mass is 16.4. The van der Waals surface area contributed by atoms with Crippen LogP contribution < -0.4 is 0 Å². The Morgan fingerprint density at radius 3 is 2.33 bits per heavy atom. The van der Waals surface area contributed by atoms with Gasteiger partial charge in [0.25, 0.3) is 0 Å². The minimum atomic E-state index is -0.906. The number of aliphatic hydroxyl groups is 1. The zero-order valence-electron chi connectivity index (χ0n) is 12.9. The fourth-order valence-electron chi connectivity index (χ4n) is 3.18. The van der Waals surface area contributed by atoms with E-state index in [1.165, 1.54) is 0 Å². The summed E-state index contributed by atoms with van der Waals surface area (Å²) in [6, 6.07) is 9.64. The molecule has 1 aliphatic heterocycles. The summed E-state index contributed by atoms with van der Waals surface area (Å²) >= 11 is 0. The first kappa shape index (κ1) is 16.0. The molecule has 0 bridgehead atoms. The van der Waals surface area contributed by atoms with Crippen molar-refractivity contribution in [2.75, 3.05) is 19.6 Å². The Kier molecular flexibility index (Phi) is 4.69. The molecule has 4 heteroatoms. The predicted molar refractivity (Wildman–Crippen MR) is 82.0 cm³/mol. The van der Waals surface area contributed by atoms with Crippen molar-refractivity contribution in [3.8, 4) is 0 Å². The van der Waals surface area contributed by atoms with Gasteiger partial charge in [-0.2, -0.15) is 0 Å². The lowest BCUT2D eigenvalue weighted by Gasteiger charge is -2.41. The Balaban J connectivity index is 1.99. The van der Waals surface area contributed by atoms with Gasteiger partial charge < -0.3 is 15.1 Å². The summed E-state index contributed by atoms with van der Waals surface area (Å²) in [5, 5.41) is 20.1. The van der Waals surface area contributed by atoms with Crippen LogP contribution in [0.3, 0.4) is 0 Å². The Labute approximate surface area is 126 Å². The summed E-state index contributed by atoms with van der Waals surface area (Å²) < 4.78 is 0. The summed E-state index contributed by atoms with van der Waals surface area (Å²) in [5.74, 6) is -0.681. The van der Waals surface area contributed by atoms with Crippen LogP contribution in [0.15, 0.2) is 30.3 Å². The first-order valence-electron chi connectivity index (χ1n) is 7.63. The van der Waals surface area contributed by atoms with Gasteiger partial charge in [-0.1, -0.05) is 37.3 Å². The van der Waals surface area contributed by atoms with E-state index in [2.05, 4.69) is 4.90 Å². The number of rotatable bonds is 5. The van der Waals surface area contributed by atoms with E-state index in [0.717, 1.165) is 18.7 Å². The standard InChI is InChI=1S/C17H25NO3/c1-3-17(15(19)20)9-11-18(12-10-17)13-16(2,21)14-7-5-4-6-8-14/h4-8,21H,3,9-13H2,1-2H3,(H,19,20). The molecule has 1 unspecified atom stereocenters. The molecular formula is C17H25NO3. The molecule has 1 aromatic carbocycles. The molecule has 21 heavy (non-hydrogen) atoms. The van der Waals surface area contributed by atoms with Gasteiger partial charge in [-0.3, -0.25) is 4.79 Å². The van der Waals surface area contributed by atoms with Gasteiger partial charge >= 0.3 is 5.97 Å². The van der Waals surface area contributed by atoms with Crippen LogP contribution in [0.1, 0.15) is 38.7 Å². The monoisotopic (exact) mass is 291 g/mol. The number of carboxylic acid groups (broad SMARTS) is 1. The number of likely N-dealkylation sites (tertiary alicyclic amines) is 1. The largest absolute Gasteiger partial charge is 0.481 e. The van der Waals surface area contributed by atoms with E-state index in [4.69, 9.17) is 0 Å². The molecule has 1 heterocycles. The van der Waals surface area contributed by atoms with Crippen molar-refractivity contribution in [3.63, 3.8) is 0 Å². The number of nitrogens with zero attached hydrogens (tertiary/aromatic N) is 1. The van der Waals surface area contributed by atoms with Crippen LogP contribution in [0.5, 0.6) is 0 Å². The van der Waals surface area contributed by atoms with Gasteiger partial charge in [0.1, 0.15) is 0 Å². The molecular weight excluding hydrogens is 266 g/mol. The van der Waals surface area contributed by atoms with Crippen LogP contribution in [0.4, 0.5) is 0 Å². The number of hydrogen-bond acceptors (Lipinski definition) is 3. The van der Waals surface area contributed by atoms with Crippen molar-refractivity contribution in [2.24, 2.45) is 5.41 Å². The molecule has 1 aliphatic rings. The van der Waals surface area contributed by atoms with Gasteiger partial charge in [0.15, 0.2) is 0 Å². The molecule has 1 saturated heterocycles. The molecule has 0 aliphatic carbocycles. The number of benzene rings is 1. The van der Waals surface area contributed by atoms with Crippen molar-refractivity contribution in [1.82, 2.24) is 4.90 Å². The predicted octanol–water partition coefficient (Wildman–Crippen LogP) is 2.47. The SMILES string of the molecule is CCC1(C(=O)O)CCN(CC(C)(O)c2ccccc2)CC1. The van der Waals surface area contributed by atoms with Crippen LogP contribution in [0.25, 0.3) is 0 Å². The number of hydrogen-bond donors (Lipinski definition) is 2. The highest BCUT2D eigenvalue weighted by Gasteiger charge is 2.40. The van der Waals surface area contributed by atoms with E-state index in [1.54, 1.807) is 0 Å². The van der Waals surface area contributed by atoms with Crippen LogP contribution >= 0.6 is 0 Å². The van der Waals surface area contributed by atoms with E-state index >= 15 is 0 Å². The number of aliphatic carboxylic acids is 1. The molecule has 0 saturated carbocycles. The second kappa shape index (κ2) is 6.16. The maximum absolute atomic E-state index is 11.5. The highest BCUT2D eigenvalue weighted by Crippen LogP contribution is 2.36. The maximum atomic E-state index is 11.5. The third-order valence-electron chi connectivity index (χ3n) is 4.87. The van der Waals surface area contributed by atoms with E-state index in [-0.39, 0.29) is 0 Å².